The van der Waals surface area contributed by atoms with Crippen LogP contribution in [0.2, 0.25) is 0 Å². The van der Waals surface area contributed by atoms with Crippen molar-refractivity contribution in [2.24, 2.45) is 10.2 Å². The number of hydrogen-bond donors (Lipinski definition) is 0. The van der Waals surface area contributed by atoms with Crippen LogP contribution in [0.3, 0.4) is 0 Å². The Labute approximate surface area is 50.3 Å². The minimum atomic E-state index is 0.341. The van der Waals surface area contributed by atoms with Gasteiger partial charge in [-0.15, -0.1) is 0 Å². The van der Waals surface area contributed by atoms with Gasteiger partial charge in [-0.3, -0.25) is 0 Å². The van der Waals surface area contributed by atoms with Gasteiger partial charge in [0.05, 0.1) is 6.04 Å². The second-order valence-corrected chi connectivity index (χ2v) is 1.67. The molecule has 8 heavy (non-hydrogen) atoms. The first kappa shape index (κ1) is 7.34. The maximum atomic E-state index is 3.87. The summed E-state index contributed by atoms with van der Waals surface area (Å²) in [6.45, 7) is 7.50. The Morgan fingerprint density at radius 2 is 2.38 bits per heavy atom. The second-order valence-electron chi connectivity index (χ2n) is 1.67. The summed E-state index contributed by atoms with van der Waals surface area (Å²) in [6, 6.07) is 0.341. The lowest BCUT2D eigenvalue weighted by Gasteiger charge is -1.94. The maximum Gasteiger partial charge on any atom is 0.0681 e. The Hall–Kier alpha value is -0.660. The molecule has 0 saturated carbocycles. The summed E-state index contributed by atoms with van der Waals surface area (Å²) in [5.41, 5.74) is 0. The van der Waals surface area contributed by atoms with E-state index in [0.29, 0.717) is 6.04 Å². The van der Waals surface area contributed by atoms with Gasteiger partial charge in [0.1, 0.15) is 0 Å². The van der Waals surface area contributed by atoms with E-state index >= 15 is 0 Å². The number of azo groups is 1. The maximum absolute atomic E-state index is 3.87. The lowest BCUT2D eigenvalue weighted by molar-refractivity contribution is 0.679. The highest BCUT2D eigenvalue weighted by Crippen LogP contribution is 1.94. The zero-order chi connectivity index (χ0) is 6.41. The first-order chi connectivity index (χ1) is 3.81. The minimum Gasteiger partial charge on any atom is -0.186 e. The third kappa shape index (κ3) is 3.53. The molecule has 0 aliphatic heterocycles. The van der Waals surface area contributed by atoms with Gasteiger partial charge >= 0.3 is 0 Å². The van der Waals surface area contributed by atoms with E-state index in [2.05, 4.69) is 23.7 Å². The first-order valence-electron chi connectivity index (χ1n) is 2.82. The predicted octanol–water partition coefficient (Wildman–Crippen LogP) is 2.38. The average molecular weight is 112 g/mol. The molecule has 0 rings (SSSR count). The van der Waals surface area contributed by atoms with Crippen molar-refractivity contribution in [2.75, 3.05) is 0 Å². The van der Waals surface area contributed by atoms with Crippen LogP contribution < -0.4 is 0 Å². The highest BCUT2D eigenvalue weighted by molar-refractivity contribution is 4.60. The van der Waals surface area contributed by atoms with E-state index in [-0.39, 0.29) is 0 Å². The van der Waals surface area contributed by atoms with Gasteiger partial charge in [0.2, 0.25) is 0 Å². The normalized spacial score (nSPS) is 14.2. The quantitative estimate of drug-likeness (QED) is 0.501. The van der Waals surface area contributed by atoms with Gasteiger partial charge in [0.15, 0.2) is 0 Å². The lowest BCUT2D eigenvalue weighted by atomic mass is 10.3. The van der Waals surface area contributed by atoms with Gasteiger partial charge in [0.25, 0.3) is 0 Å². The lowest BCUT2D eigenvalue weighted by Crippen LogP contribution is -1.90. The van der Waals surface area contributed by atoms with Crippen LogP contribution in [-0.2, 0) is 0 Å². The van der Waals surface area contributed by atoms with Crippen molar-refractivity contribution in [3.8, 4) is 0 Å². The smallest absolute Gasteiger partial charge is 0.0681 e. The van der Waals surface area contributed by atoms with Gasteiger partial charge in [-0.05, 0) is 13.3 Å². The van der Waals surface area contributed by atoms with Crippen molar-refractivity contribution in [1.82, 2.24) is 0 Å². The molecule has 0 amide bonds. The Balaban J connectivity index is 3.35. The van der Waals surface area contributed by atoms with E-state index < -0.39 is 0 Å². The van der Waals surface area contributed by atoms with E-state index in [1.165, 1.54) is 6.20 Å². The molecule has 0 fully saturated rings. The molecule has 0 aromatic rings. The third-order valence-corrected chi connectivity index (χ3v) is 0.936. The van der Waals surface area contributed by atoms with Gasteiger partial charge in [-0.2, -0.15) is 10.2 Å². The van der Waals surface area contributed by atoms with E-state index in [9.17, 15) is 0 Å². The number of rotatable bonds is 3. The van der Waals surface area contributed by atoms with E-state index in [1.807, 2.05) is 6.92 Å². The molecule has 1 unspecified atom stereocenters. The topological polar surface area (TPSA) is 24.7 Å². The van der Waals surface area contributed by atoms with Crippen LogP contribution in [0, 0.1) is 0 Å². The summed E-state index contributed by atoms with van der Waals surface area (Å²) in [6.07, 6.45) is 2.49. The van der Waals surface area contributed by atoms with Crippen LogP contribution in [0.4, 0.5) is 0 Å². The SMILES string of the molecule is C=CN=NC(C)CC. The molecule has 0 spiro atoms. The summed E-state index contributed by atoms with van der Waals surface area (Å²) >= 11 is 0. The fraction of sp³-hybridized carbons (Fsp3) is 0.667. The van der Waals surface area contributed by atoms with E-state index in [4.69, 9.17) is 0 Å². The van der Waals surface area contributed by atoms with Gasteiger partial charge < -0.3 is 0 Å². The average Bonchev–Trinajstić information content (AvgIpc) is 1.83. The highest BCUT2D eigenvalue weighted by Gasteiger charge is 1.89. The van der Waals surface area contributed by atoms with Crippen molar-refractivity contribution in [1.29, 1.82) is 0 Å². The van der Waals surface area contributed by atoms with Crippen LogP contribution in [0.1, 0.15) is 20.3 Å². The number of nitrogens with zero attached hydrogens (tertiary/aromatic N) is 2. The summed E-state index contributed by atoms with van der Waals surface area (Å²) in [5.74, 6) is 0. The zero-order valence-corrected chi connectivity index (χ0v) is 5.46. The van der Waals surface area contributed by atoms with Crippen molar-refractivity contribution < 1.29 is 0 Å². The van der Waals surface area contributed by atoms with Gasteiger partial charge in [0, 0.05) is 6.20 Å². The standard InChI is InChI=1S/C6H12N2/c1-4-6(3)8-7-5-2/h5-6H,2,4H2,1,3H3. The zero-order valence-electron chi connectivity index (χ0n) is 5.46. The van der Waals surface area contributed by atoms with Crippen molar-refractivity contribution >= 4 is 0 Å². The molecule has 1 atom stereocenters. The fourth-order valence-electron chi connectivity index (χ4n) is 0.243. The van der Waals surface area contributed by atoms with E-state index in [0.717, 1.165) is 6.42 Å². The van der Waals surface area contributed by atoms with Crippen LogP contribution >= 0.6 is 0 Å². The second kappa shape index (κ2) is 4.50. The van der Waals surface area contributed by atoms with Crippen LogP contribution in [0.25, 0.3) is 0 Å². The summed E-state index contributed by atoms with van der Waals surface area (Å²) in [7, 11) is 0. The van der Waals surface area contributed by atoms with Crippen LogP contribution in [-0.4, -0.2) is 6.04 Å². The molecule has 0 heterocycles. The number of hydrogen-bond acceptors (Lipinski definition) is 2. The molecule has 0 aliphatic rings. The minimum absolute atomic E-state index is 0.341. The van der Waals surface area contributed by atoms with Gasteiger partial charge in [-0.1, -0.05) is 13.5 Å². The Morgan fingerprint density at radius 1 is 1.75 bits per heavy atom. The molecule has 0 radical (unpaired) electrons. The van der Waals surface area contributed by atoms with Crippen molar-refractivity contribution in [3.63, 3.8) is 0 Å². The fourth-order valence-corrected chi connectivity index (χ4v) is 0.243. The Morgan fingerprint density at radius 3 is 2.75 bits per heavy atom. The molecule has 0 bridgehead atoms. The molecular formula is C6H12N2. The largest absolute Gasteiger partial charge is 0.186 e. The first-order valence-corrected chi connectivity index (χ1v) is 2.82. The Kier molecular flexibility index (Phi) is 4.13. The Bertz CT molecular complexity index is 86.5. The van der Waals surface area contributed by atoms with Crippen LogP contribution in [0.5, 0.6) is 0 Å². The van der Waals surface area contributed by atoms with Crippen molar-refractivity contribution in [2.45, 2.75) is 26.3 Å². The van der Waals surface area contributed by atoms with Gasteiger partial charge in [-0.25, -0.2) is 0 Å². The molecular weight excluding hydrogens is 100 g/mol. The van der Waals surface area contributed by atoms with Crippen molar-refractivity contribution in [3.05, 3.63) is 12.8 Å². The summed E-state index contributed by atoms with van der Waals surface area (Å²) in [5, 5.41) is 7.50. The van der Waals surface area contributed by atoms with E-state index in [1.54, 1.807) is 0 Å². The molecule has 0 N–H and O–H groups in total. The molecule has 46 valence electrons. The predicted molar refractivity (Wildman–Crippen MR) is 34.8 cm³/mol. The molecule has 2 nitrogen and oxygen atoms in total. The third-order valence-electron chi connectivity index (χ3n) is 0.936. The molecule has 2 heteroatoms. The monoisotopic (exact) mass is 112 g/mol. The summed E-state index contributed by atoms with van der Waals surface area (Å²) < 4.78 is 0. The highest BCUT2D eigenvalue weighted by atomic mass is 15.1. The molecule has 0 aliphatic carbocycles. The van der Waals surface area contributed by atoms with Crippen LogP contribution in [0.15, 0.2) is 23.0 Å². The molecule has 0 aromatic carbocycles. The molecule has 0 saturated heterocycles. The molecule has 0 aromatic heterocycles. The summed E-state index contributed by atoms with van der Waals surface area (Å²) in [4.78, 5) is 0.